The summed E-state index contributed by atoms with van der Waals surface area (Å²) in [6.07, 6.45) is 5.87. The van der Waals surface area contributed by atoms with Crippen LogP contribution in [0.4, 0.5) is 0 Å². The molecule has 2 aromatic heterocycles. The second-order valence-electron chi connectivity index (χ2n) is 9.50. The quantitative estimate of drug-likeness (QED) is 0.214. The number of methoxy groups -OCH3 is 1. The lowest BCUT2D eigenvalue weighted by molar-refractivity contribution is -0.686. The van der Waals surface area contributed by atoms with Crippen molar-refractivity contribution in [1.29, 1.82) is 0 Å². The first-order valence-electron chi connectivity index (χ1n) is 12.8. The molecule has 8 nitrogen and oxygen atoms in total. The Labute approximate surface area is 236 Å². The van der Waals surface area contributed by atoms with Crippen molar-refractivity contribution >= 4 is 10.8 Å². The van der Waals surface area contributed by atoms with Crippen LogP contribution in [0.2, 0.25) is 0 Å². The van der Waals surface area contributed by atoms with E-state index in [0.717, 1.165) is 70.1 Å². The Balaban J connectivity index is 0.00000277. The molecule has 5 aromatic rings. The van der Waals surface area contributed by atoms with Crippen LogP contribution in [-0.2, 0) is 19.5 Å². The van der Waals surface area contributed by atoms with Gasteiger partial charge >= 0.3 is 0 Å². The summed E-state index contributed by atoms with van der Waals surface area (Å²) in [7, 11) is 1.68. The van der Waals surface area contributed by atoms with E-state index in [1.54, 1.807) is 7.11 Å². The maximum Gasteiger partial charge on any atom is 0.231 e. The summed E-state index contributed by atoms with van der Waals surface area (Å²) < 4.78 is 27.4. The molecular formula is C30H27BrN4O4. The van der Waals surface area contributed by atoms with Gasteiger partial charge in [0, 0.05) is 31.0 Å². The Hall–Kier alpha value is -4.11. The highest BCUT2D eigenvalue weighted by atomic mass is 79.9. The highest BCUT2D eigenvalue weighted by Crippen LogP contribution is 2.41. The van der Waals surface area contributed by atoms with E-state index >= 15 is 0 Å². The van der Waals surface area contributed by atoms with E-state index in [9.17, 15) is 0 Å². The second-order valence-corrected chi connectivity index (χ2v) is 9.50. The molecule has 3 aromatic carbocycles. The number of aromatic nitrogens is 4. The Kier molecular flexibility index (Phi) is 6.83. The van der Waals surface area contributed by atoms with E-state index in [1.807, 2.05) is 47.3 Å². The summed E-state index contributed by atoms with van der Waals surface area (Å²) >= 11 is 0. The maximum atomic E-state index is 6.34. The van der Waals surface area contributed by atoms with Crippen LogP contribution >= 0.6 is 0 Å². The van der Waals surface area contributed by atoms with Gasteiger partial charge in [0.2, 0.25) is 12.5 Å². The van der Waals surface area contributed by atoms with Crippen molar-refractivity contribution in [3.63, 3.8) is 0 Å². The molecule has 0 spiro atoms. The van der Waals surface area contributed by atoms with Gasteiger partial charge in [-0.15, -0.1) is 5.10 Å². The van der Waals surface area contributed by atoms with E-state index in [-0.39, 0.29) is 23.8 Å². The first-order valence-corrected chi connectivity index (χ1v) is 12.8. The van der Waals surface area contributed by atoms with Crippen LogP contribution < -0.4 is 40.5 Å². The first-order chi connectivity index (χ1) is 18.8. The van der Waals surface area contributed by atoms with Crippen molar-refractivity contribution in [1.82, 2.24) is 15.0 Å². The van der Waals surface area contributed by atoms with E-state index in [2.05, 4.69) is 45.3 Å². The van der Waals surface area contributed by atoms with Gasteiger partial charge in [-0.25, -0.2) is 0 Å². The third-order valence-electron chi connectivity index (χ3n) is 7.18. The fraction of sp³-hybridized carbons (Fsp3) is 0.233. The molecule has 0 bridgehead atoms. The summed E-state index contributed by atoms with van der Waals surface area (Å²) in [6.45, 7) is 2.40. The summed E-state index contributed by atoms with van der Waals surface area (Å²) in [5.74, 6) is 3.13. The lowest BCUT2D eigenvalue weighted by Gasteiger charge is -2.18. The van der Waals surface area contributed by atoms with Crippen molar-refractivity contribution in [2.75, 3.05) is 20.5 Å². The Morgan fingerprint density at radius 2 is 1.87 bits per heavy atom. The molecule has 0 saturated carbocycles. The Bertz CT molecular complexity index is 1650. The average molecular weight is 587 g/mol. The van der Waals surface area contributed by atoms with Crippen molar-refractivity contribution in [3.8, 4) is 45.5 Å². The molecule has 9 heteroatoms. The predicted molar refractivity (Wildman–Crippen MR) is 142 cm³/mol. The average Bonchev–Trinajstić information content (AvgIpc) is 3.63. The second kappa shape index (κ2) is 10.6. The first kappa shape index (κ1) is 25.2. The number of pyridine rings is 1. The Morgan fingerprint density at radius 3 is 2.72 bits per heavy atom. The third kappa shape index (κ3) is 4.67. The van der Waals surface area contributed by atoms with Gasteiger partial charge in [0.15, 0.2) is 35.7 Å². The number of aryl methyl sites for hydroxylation is 3. The molecule has 0 radical (unpaired) electrons. The topological polar surface area (TPSA) is 71.5 Å². The molecule has 39 heavy (non-hydrogen) atoms. The van der Waals surface area contributed by atoms with Gasteiger partial charge < -0.3 is 35.9 Å². The number of fused-ring (bicyclic) bond motifs is 5. The van der Waals surface area contributed by atoms with Crippen LogP contribution in [-0.4, -0.2) is 35.5 Å². The monoisotopic (exact) mass is 586 g/mol. The van der Waals surface area contributed by atoms with Gasteiger partial charge in [-0.3, -0.25) is 4.68 Å². The fourth-order valence-corrected chi connectivity index (χ4v) is 5.26. The smallest absolute Gasteiger partial charge is 0.231 e. The molecule has 2 aliphatic rings. The van der Waals surface area contributed by atoms with Crippen LogP contribution in [0, 0.1) is 0 Å². The standard InChI is InChI=1S/C30H27N4O4.BrH/c1-35-27-9-8-21-14-26-23-16-29-28(37-19-38-29)15-22(23)10-12-33(26)17-24(21)30(27)36-13-5-11-34-18-25(31-32-34)20-6-3-2-4-7-20;/h2-4,6-9,14-18H,5,10-13,19H2,1H3;1H/q+1;/p-1. The van der Waals surface area contributed by atoms with E-state index in [0.29, 0.717) is 13.2 Å². The molecule has 0 unspecified atom stereocenters. The summed E-state index contributed by atoms with van der Waals surface area (Å²) in [6, 6.07) is 20.6. The number of benzene rings is 3. The van der Waals surface area contributed by atoms with Crippen LogP contribution in [0.15, 0.2) is 73.1 Å². The van der Waals surface area contributed by atoms with Gasteiger partial charge in [0.1, 0.15) is 5.69 Å². The van der Waals surface area contributed by atoms with E-state index in [1.165, 1.54) is 11.1 Å². The molecule has 2 aliphatic heterocycles. The van der Waals surface area contributed by atoms with Crippen molar-refractivity contribution in [2.24, 2.45) is 0 Å². The minimum absolute atomic E-state index is 0. The predicted octanol–water partition coefficient (Wildman–Crippen LogP) is 1.82. The lowest BCUT2D eigenvalue weighted by atomic mass is 9.95. The highest BCUT2D eigenvalue weighted by molar-refractivity contribution is 5.91. The van der Waals surface area contributed by atoms with Crippen LogP contribution in [0.5, 0.6) is 23.0 Å². The summed E-state index contributed by atoms with van der Waals surface area (Å²) in [4.78, 5) is 0. The number of hydrogen-bond donors (Lipinski definition) is 0. The molecular weight excluding hydrogens is 560 g/mol. The minimum Gasteiger partial charge on any atom is -1.00 e. The zero-order valence-electron chi connectivity index (χ0n) is 21.5. The molecule has 7 rings (SSSR count). The number of rotatable bonds is 7. The number of nitrogens with zero attached hydrogens (tertiary/aromatic N) is 4. The van der Waals surface area contributed by atoms with Gasteiger partial charge in [-0.05, 0) is 35.2 Å². The largest absolute Gasteiger partial charge is 1.00 e. The van der Waals surface area contributed by atoms with Crippen molar-refractivity contribution < 1.29 is 40.5 Å². The zero-order chi connectivity index (χ0) is 25.5. The molecule has 0 fully saturated rings. The number of hydrogen-bond acceptors (Lipinski definition) is 6. The fourth-order valence-electron chi connectivity index (χ4n) is 5.26. The molecule has 0 N–H and O–H groups in total. The van der Waals surface area contributed by atoms with Crippen molar-refractivity contribution in [3.05, 3.63) is 78.6 Å². The third-order valence-corrected chi connectivity index (χ3v) is 7.18. The van der Waals surface area contributed by atoms with Crippen molar-refractivity contribution in [2.45, 2.75) is 25.9 Å². The van der Waals surface area contributed by atoms with Gasteiger partial charge in [-0.1, -0.05) is 35.5 Å². The SMILES string of the molecule is COc1ccc2cc3[n+](cc2c1OCCCn1cc(-c2ccccc2)nn1)CCc1cc2c(cc1-3)OCO2.[Br-]. The lowest BCUT2D eigenvalue weighted by Crippen LogP contribution is -3.00. The number of ether oxygens (including phenoxy) is 4. The van der Waals surface area contributed by atoms with Gasteiger partial charge in [0.25, 0.3) is 0 Å². The molecule has 0 atom stereocenters. The summed E-state index contributed by atoms with van der Waals surface area (Å²) in [5.41, 5.74) is 5.55. The van der Waals surface area contributed by atoms with Crippen LogP contribution in [0.25, 0.3) is 33.3 Å². The zero-order valence-corrected chi connectivity index (χ0v) is 23.1. The normalized spacial score (nSPS) is 12.9. The molecule has 0 saturated heterocycles. The summed E-state index contributed by atoms with van der Waals surface area (Å²) in [5, 5.41) is 10.7. The molecule has 0 amide bonds. The van der Waals surface area contributed by atoms with E-state index in [4.69, 9.17) is 18.9 Å². The maximum absolute atomic E-state index is 6.34. The van der Waals surface area contributed by atoms with E-state index < -0.39 is 0 Å². The Morgan fingerprint density at radius 1 is 1.03 bits per heavy atom. The van der Waals surface area contributed by atoms with Gasteiger partial charge in [-0.2, -0.15) is 4.57 Å². The molecule has 4 heterocycles. The molecule has 198 valence electrons. The minimum atomic E-state index is 0. The van der Waals surface area contributed by atoms with Crippen LogP contribution in [0.1, 0.15) is 12.0 Å². The number of halogens is 1. The van der Waals surface area contributed by atoms with Gasteiger partial charge in [0.05, 0.1) is 30.9 Å². The highest BCUT2D eigenvalue weighted by Gasteiger charge is 2.28. The molecule has 0 aliphatic carbocycles. The van der Waals surface area contributed by atoms with Crippen LogP contribution in [0.3, 0.4) is 0 Å².